The second kappa shape index (κ2) is 9.36. The van der Waals surface area contributed by atoms with Gasteiger partial charge in [-0.3, -0.25) is 0 Å². The van der Waals surface area contributed by atoms with Gasteiger partial charge in [0.1, 0.15) is 0 Å². The van der Waals surface area contributed by atoms with Gasteiger partial charge in [0.25, 0.3) is 0 Å². The topological polar surface area (TPSA) is 12.5 Å². The van der Waals surface area contributed by atoms with Crippen molar-refractivity contribution in [3.8, 4) is 0 Å². The number of rotatable bonds is 11. The maximum absolute atomic E-state index is 6.11. The summed E-state index contributed by atoms with van der Waals surface area (Å²) in [4.78, 5) is 2.29. The molecule has 0 amide bonds. The Balaban J connectivity index is 4.22. The van der Waals surface area contributed by atoms with Gasteiger partial charge in [-0.15, -0.1) is 11.8 Å². The van der Waals surface area contributed by atoms with Crippen LogP contribution in [0.2, 0.25) is 0 Å². The number of hydrogen-bond donors (Lipinski definition) is 0. The number of thioether (sulfide) groups is 1. The van der Waals surface area contributed by atoms with E-state index in [1.165, 1.54) is 18.5 Å². The largest absolute Gasteiger partial charge is 0.378 e. The SMILES string of the molecule is C=C(CSC(C)(C)CCC)N(C)CCC(C)(C)OCC(C)(C)C. The van der Waals surface area contributed by atoms with Crippen LogP contribution >= 0.6 is 11.8 Å². The summed E-state index contributed by atoms with van der Waals surface area (Å²) in [5.41, 5.74) is 1.34. The van der Waals surface area contributed by atoms with Gasteiger partial charge < -0.3 is 9.64 Å². The smallest absolute Gasteiger partial charge is 0.0643 e. The van der Waals surface area contributed by atoms with E-state index < -0.39 is 0 Å². The Bertz CT molecular complexity index is 355. The lowest BCUT2D eigenvalue weighted by Crippen LogP contribution is -2.34. The summed E-state index contributed by atoms with van der Waals surface area (Å²) in [7, 11) is 2.15. The lowest BCUT2D eigenvalue weighted by molar-refractivity contribution is -0.0574. The summed E-state index contributed by atoms with van der Waals surface area (Å²) >= 11 is 2.01. The van der Waals surface area contributed by atoms with Crippen LogP contribution in [0.15, 0.2) is 12.3 Å². The van der Waals surface area contributed by atoms with E-state index in [0.717, 1.165) is 25.3 Å². The average Bonchev–Trinajstić information content (AvgIpc) is 2.39. The summed E-state index contributed by atoms with van der Waals surface area (Å²) in [6.07, 6.45) is 3.51. The molecule has 0 rings (SSSR count). The van der Waals surface area contributed by atoms with E-state index in [1.54, 1.807) is 0 Å². The summed E-state index contributed by atoms with van der Waals surface area (Å²) in [6.45, 7) is 24.0. The van der Waals surface area contributed by atoms with Crippen LogP contribution in [0, 0.1) is 5.41 Å². The molecule has 2 nitrogen and oxygen atoms in total. The number of nitrogens with zero attached hydrogens (tertiary/aromatic N) is 1. The van der Waals surface area contributed by atoms with E-state index in [9.17, 15) is 0 Å². The van der Waals surface area contributed by atoms with Gasteiger partial charge in [-0.1, -0.05) is 54.5 Å². The Hall–Kier alpha value is -0.150. The third-order valence-corrected chi connectivity index (χ3v) is 5.43. The number of hydrogen-bond acceptors (Lipinski definition) is 3. The standard InChI is InChI=1S/C20H41NOS/c1-11-12-20(8,9)23-15-17(2)21(10)14-13-19(6,7)22-16-18(3,4)5/h2,11-16H2,1,3-10H3. The lowest BCUT2D eigenvalue weighted by Gasteiger charge is -2.33. The fourth-order valence-electron chi connectivity index (χ4n) is 2.14. The van der Waals surface area contributed by atoms with Gasteiger partial charge in [0.05, 0.1) is 12.2 Å². The van der Waals surface area contributed by atoms with E-state index in [2.05, 4.69) is 73.9 Å². The van der Waals surface area contributed by atoms with Crippen LogP contribution in [0.5, 0.6) is 0 Å². The fraction of sp³-hybridized carbons (Fsp3) is 0.900. The molecular weight excluding hydrogens is 302 g/mol. The molecule has 0 aromatic rings. The maximum atomic E-state index is 6.11. The van der Waals surface area contributed by atoms with Crippen LogP contribution in [0.25, 0.3) is 0 Å². The first-order chi connectivity index (χ1) is 10.3. The van der Waals surface area contributed by atoms with Crippen LogP contribution < -0.4 is 0 Å². The van der Waals surface area contributed by atoms with Crippen LogP contribution in [-0.2, 0) is 4.74 Å². The van der Waals surface area contributed by atoms with E-state index in [1.807, 2.05) is 11.8 Å². The molecule has 138 valence electrons. The minimum absolute atomic E-state index is 0.0869. The Kier molecular flexibility index (Phi) is 9.30. The molecule has 0 aliphatic rings. The molecule has 0 fully saturated rings. The molecular formula is C20H41NOS. The van der Waals surface area contributed by atoms with Gasteiger partial charge in [-0.25, -0.2) is 0 Å². The van der Waals surface area contributed by atoms with Gasteiger partial charge in [-0.2, -0.15) is 0 Å². The Morgan fingerprint density at radius 1 is 1.04 bits per heavy atom. The van der Waals surface area contributed by atoms with Crippen molar-refractivity contribution in [3.05, 3.63) is 12.3 Å². The van der Waals surface area contributed by atoms with Crippen molar-refractivity contribution in [2.24, 2.45) is 5.41 Å². The third-order valence-electron chi connectivity index (χ3n) is 3.97. The molecule has 0 saturated heterocycles. The van der Waals surface area contributed by atoms with Crippen molar-refractivity contribution < 1.29 is 4.74 Å². The predicted octanol–water partition coefficient (Wildman–Crippen LogP) is 5.98. The molecule has 0 aromatic heterocycles. The Morgan fingerprint density at radius 3 is 2.09 bits per heavy atom. The Labute approximate surface area is 150 Å². The highest BCUT2D eigenvalue weighted by molar-refractivity contribution is 8.00. The zero-order chi connectivity index (χ0) is 18.3. The summed E-state index contributed by atoms with van der Waals surface area (Å²) in [5, 5.41) is 0. The van der Waals surface area contributed by atoms with Crippen LogP contribution in [-0.4, -0.2) is 41.2 Å². The predicted molar refractivity (Wildman–Crippen MR) is 107 cm³/mol. The highest BCUT2D eigenvalue weighted by Gasteiger charge is 2.23. The van der Waals surface area contributed by atoms with Crippen molar-refractivity contribution >= 4 is 11.8 Å². The van der Waals surface area contributed by atoms with Crippen molar-refractivity contribution in [2.75, 3.05) is 26.0 Å². The van der Waals surface area contributed by atoms with Crippen LogP contribution in [0.3, 0.4) is 0 Å². The zero-order valence-corrected chi connectivity index (χ0v) is 18.0. The molecule has 0 atom stereocenters. The molecule has 0 radical (unpaired) electrons. The zero-order valence-electron chi connectivity index (χ0n) is 17.2. The summed E-state index contributed by atoms with van der Waals surface area (Å²) in [5.74, 6) is 1.01. The van der Waals surface area contributed by atoms with Crippen molar-refractivity contribution in [1.82, 2.24) is 4.90 Å². The molecule has 0 aliphatic carbocycles. The molecule has 23 heavy (non-hydrogen) atoms. The molecule has 0 N–H and O–H groups in total. The average molecular weight is 344 g/mol. The fourth-order valence-corrected chi connectivity index (χ4v) is 3.27. The maximum Gasteiger partial charge on any atom is 0.0643 e. The van der Waals surface area contributed by atoms with E-state index in [0.29, 0.717) is 4.75 Å². The highest BCUT2D eigenvalue weighted by Crippen LogP contribution is 2.31. The van der Waals surface area contributed by atoms with Gasteiger partial charge in [-0.05, 0) is 32.1 Å². The first kappa shape index (κ1) is 22.9. The first-order valence-electron chi connectivity index (χ1n) is 8.95. The van der Waals surface area contributed by atoms with Crippen LogP contribution in [0.1, 0.15) is 74.7 Å². The lowest BCUT2D eigenvalue weighted by atomic mass is 9.97. The van der Waals surface area contributed by atoms with Gasteiger partial charge >= 0.3 is 0 Å². The van der Waals surface area contributed by atoms with Gasteiger partial charge in [0.15, 0.2) is 0 Å². The second-order valence-corrected chi connectivity index (χ2v) is 10.8. The summed E-state index contributed by atoms with van der Waals surface area (Å²) in [6, 6.07) is 0. The normalized spacial score (nSPS) is 13.3. The minimum Gasteiger partial charge on any atom is -0.378 e. The summed E-state index contributed by atoms with van der Waals surface area (Å²) < 4.78 is 6.45. The van der Waals surface area contributed by atoms with Gasteiger partial charge in [0.2, 0.25) is 0 Å². The molecule has 0 aliphatic heterocycles. The molecule has 0 bridgehead atoms. The molecule has 0 spiro atoms. The molecule has 0 heterocycles. The quantitative estimate of drug-likeness (QED) is 0.458. The van der Waals surface area contributed by atoms with Crippen LogP contribution in [0.4, 0.5) is 0 Å². The molecule has 3 heteroatoms. The number of ether oxygens (including phenoxy) is 1. The monoisotopic (exact) mass is 343 g/mol. The first-order valence-corrected chi connectivity index (χ1v) is 9.93. The van der Waals surface area contributed by atoms with Crippen molar-refractivity contribution in [3.63, 3.8) is 0 Å². The van der Waals surface area contributed by atoms with E-state index in [-0.39, 0.29) is 11.0 Å². The third kappa shape index (κ3) is 11.9. The van der Waals surface area contributed by atoms with E-state index >= 15 is 0 Å². The Morgan fingerprint density at radius 2 is 1.61 bits per heavy atom. The van der Waals surface area contributed by atoms with Crippen molar-refractivity contribution in [1.29, 1.82) is 0 Å². The van der Waals surface area contributed by atoms with Gasteiger partial charge in [0, 0.05) is 29.8 Å². The minimum atomic E-state index is -0.0869. The highest BCUT2D eigenvalue weighted by atomic mass is 32.2. The molecule has 0 aromatic carbocycles. The van der Waals surface area contributed by atoms with E-state index in [4.69, 9.17) is 4.74 Å². The molecule has 0 unspecified atom stereocenters. The van der Waals surface area contributed by atoms with Crippen molar-refractivity contribution in [2.45, 2.75) is 85.0 Å². The molecule has 0 saturated carbocycles. The second-order valence-electron chi connectivity index (χ2n) is 9.15.